The van der Waals surface area contributed by atoms with E-state index in [0.717, 1.165) is 31.9 Å². The third-order valence-electron chi connectivity index (χ3n) is 3.15. The number of nitrogens with zero attached hydrogens (tertiary/aromatic N) is 2. The van der Waals surface area contributed by atoms with E-state index < -0.39 is 0 Å². The SMILES string of the molecule is c1ccc([C@H]2CN(Cc3ccsc3)CCO2)nc1. The Bertz CT molecular complexity index is 472. The van der Waals surface area contributed by atoms with E-state index in [9.17, 15) is 0 Å². The monoisotopic (exact) mass is 260 g/mol. The van der Waals surface area contributed by atoms with E-state index >= 15 is 0 Å². The number of aromatic nitrogens is 1. The van der Waals surface area contributed by atoms with Crippen LogP contribution < -0.4 is 0 Å². The van der Waals surface area contributed by atoms with Gasteiger partial charge in [-0.15, -0.1) is 0 Å². The molecule has 1 aliphatic rings. The molecule has 0 aromatic carbocycles. The first-order chi connectivity index (χ1) is 8.92. The third-order valence-corrected chi connectivity index (χ3v) is 3.89. The molecule has 3 heterocycles. The summed E-state index contributed by atoms with van der Waals surface area (Å²) in [5.74, 6) is 0. The zero-order chi connectivity index (χ0) is 12.2. The van der Waals surface area contributed by atoms with Gasteiger partial charge in [-0.1, -0.05) is 6.07 Å². The molecule has 0 bridgehead atoms. The number of hydrogen-bond donors (Lipinski definition) is 0. The van der Waals surface area contributed by atoms with E-state index in [-0.39, 0.29) is 6.10 Å². The van der Waals surface area contributed by atoms with Crippen LogP contribution in [-0.2, 0) is 11.3 Å². The Morgan fingerprint density at radius 3 is 3.17 bits per heavy atom. The van der Waals surface area contributed by atoms with Crippen molar-refractivity contribution in [3.05, 3.63) is 52.5 Å². The van der Waals surface area contributed by atoms with Gasteiger partial charge >= 0.3 is 0 Å². The first-order valence-electron chi connectivity index (χ1n) is 6.18. The van der Waals surface area contributed by atoms with E-state index in [0.29, 0.717) is 0 Å². The van der Waals surface area contributed by atoms with Gasteiger partial charge in [-0.05, 0) is 34.5 Å². The summed E-state index contributed by atoms with van der Waals surface area (Å²) in [6.45, 7) is 3.72. The van der Waals surface area contributed by atoms with Crippen molar-refractivity contribution < 1.29 is 4.74 Å². The van der Waals surface area contributed by atoms with Gasteiger partial charge < -0.3 is 4.74 Å². The van der Waals surface area contributed by atoms with Crippen molar-refractivity contribution in [1.82, 2.24) is 9.88 Å². The molecule has 0 aliphatic carbocycles. The third kappa shape index (κ3) is 2.77. The number of rotatable bonds is 3. The highest BCUT2D eigenvalue weighted by Gasteiger charge is 2.22. The Labute approximate surface area is 111 Å². The van der Waals surface area contributed by atoms with Crippen LogP contribution >= 0.6 is 11.3 Å². The molecular weight excluding hydrogens is 244 g/mol. The predicted molar refractivity (Wildman–Crippen MR) is 72.5 cm³/mol. The minimum absolute atomic E-state index is 0.110. The molecule has 18 heavy (non-hydrogen) atoms. The van der Waals surface area contributed by atoms with Crippen LogP contribution in [0.5, 0.6) is 0 Å². The summed E-state index contributed by atoms with van der Waals surface area (Å²) >= 11 is 1.76. The summed E-state index contributed by atoms with van der Waals surface area (Å²) in [6.07, 6.45) is 1.94. The molecule has 2 aromatic rings. The van der Waals surface area contributed by atoms with Crippen LogP contribution in [0.25, 0.3) is 0 Å². The molecule has 2 aromatic heterocycles. The van der Waals surface area contributed by atoms with Crippen LogP contribution in [0.1, 0.15) is 17.4 Å². The number of hydrogen-bond acceptors (Lipinski definition) is 4. The molecule has 3 nitrogen and oxygen atoms in total. The smallest absolute Gasteiger partial charge is 0.112 e. The molecule has 0 spiro atoms. The van der Waals surface area contributed by atoms with Crippen molar-refractivity contribution in [3.63, 3.8) is 0 Å². The molecule has 3 rings (SSSR count). The van der Waals surface area contributed by atoms with Gasteiger partial charge in [0.05, 0.1) is 12.3 Å². The second kappa shape index (κ2) is 5.61. The Balaban J connectivity index is 1.65. The topological polar surface area (TPSA) is 25.4 Å². The summed E-state index contributed by atoms with van der Waals surface area (Å²) in [7, 11) is 0. The molecule has 0 amide bonds. The molecule has 1 aliphatic heterocycles. The van der Waals surface area contributed by atoms with Crippen LogP contribution in [0.15, 0.2) is 41.2 Å². The van der Waals surface area contributed by atoms with E-state index in [2.05, 4.69) is 26.7 Å². The van der Waals surface area contributed by atoms with Gasteiger partial charge in [-0.25, -0.2) is 0 Å². The maximum absolute atomic E-state index is 5.81. The largest absolute Gasteiger partial charge is 0.369 e. The second-order valence-electron chi connectivity index (χ2n) is 4.48. The maximum Gasteiger partial charge on any atom is 0.112 e. The fourth-order valence-electron chi connectivity index (χ4n) is 2.23. The summed E-state index contributed by atoms with van der Waals surface area (Å²) in [6, 6.07) is 8.19. The number of ether oxygens (including phenoxy) is 1. The van der Waals surface area contributed by atoms with Crippen molar-refractivity contribution in [2.75, 3.05) is 19.7 Å². The minimum Gasteiger partial charge on any atom is -0.369 e. The summed E-state index contributed by atoms with van der Waals surface area (Å²) in [5.41, 5.74) is 2.43. The van der Waals surface area contributed by atoms with Gasteiger partial charge in [-0.3, -0.25) is 9.88 Å². The van der Waals surface area contributed by atoms with Crippen LogP contribution in [-0.4, -0.2) is 29.6 Å². The lowest BCUT2D eigenvalue weighted by Crippen LogP contribution is -2.37. The van der Waals surface area contributed by atoms with Crippen LogP contribution in [0.3, 0.4) is 0 Å². The normalized spacial score (nSPS) is 21.0. The lowest BCUT2D eigenvalue weighted by Gasteiger charge is -2.32. The summed E-state index contributed by atoms with van der Waals surface area (Å²) < 4.78 is 5.81. The number of thiophene rings is 1. The van der Waals surface area contributed by atoms with Gasteiger partial charge in [0.25, 0.3) is 0 Å². The van der Waals surface area contributed by atoms with E-state index in [1.165, 1.54) is 5.56 Å². The van der Waals surface area contributed by atoms with Crippen molar-refractivity contribution in [1.29, 1.82) is 0 Å². The van der Waals surface area contributed by atoms with Crippen LogP contribution in [0.4, 0.5) is 0 Å². The fourth-order valence-corrected chi connectivity index (χ4v) is 2.89. The number of morpholine rings is 1. The van der Waals surface area contributed by atoms with Gasteiger partial charge in [0.1, 0.15) is 6.10 Å². The lowest BCUT2D eigenvalue weighted by atomic mass is 10.1. The summed E-state index contributed by atoms with van der Waals surface area (Å²) in [5, 5.41) is 4.34. The van der Waals surface area contributed by atoms with E-state index in [4.69, 9.17) is 4.74 Å². The zero-order valence-electron chi connectivity index (χ0n) is 10.2. The quantitative estimate of drug-likeness (QED) is 0.848. The molecule has 0 N–H and O–H groups in total. The minimum atomic E-state index is 0.110. The molecule has 4 heteroatoms. The Kier molecular flexibility index (Phi) is 3.69. The molecule has 94 valence electrons. The Morgan fingerprint density at radius 2 is 2.39 bits per heavy atom. The number of pyridine rings is 1. The Hall–Kier alpha value is -1.23. The molecule has 1 fully saturated rings. The Morgan fingerprint density at radius 1 is 1.39 bits per heavy atom. The van der Waals surface area contributed by atoms with Crippen LogP contribution in [0.2, 0.25) is 0 Å². The molecule has 0 unspecified atom stereocenters. The van der Waals surface area contributed by atoms with Crippen molar-refractivity contribution in [3.8, 4) is 0 Å². The van der Waals surface area contributed by atoms with E-state index in [1.807, 2.05) is 24.4 Å². The lowest BCUT2D eigenvalue weighted by molar-refractivity contribution is -0.0349. The summed E-state index contributed by atoms with van der Waals surface area (Å²) in [4.78, 5) is 6.82. The van der Waals surface area contributed by atoms with Gasteiger partial charge in [-0.2, -0.15) is 11.3 Å². The standard InChI is InChI=1S/C14H16N2OS/c1-2-5-15-13(3-1)14-10-16(6-7-17-14)9-12-4-8-18-11-12/h1-5,8,11,14H,6-7,9-10H2/t14-/m1/s1. The van der Waals surface area contributed by atoms with Crippen molar-refractivity contribution in [2.45, 2.75) is 12.6 Å². The highest BCUT2D eigenvalue weighted by Crippen LogP contribution is 2.21. The fraction of sp³-hybridized carbons (Fsp3) is 0.357. The van der Waals surface area contributed by atoms with Gasteiger partial charge in [0.15, 0.2) is 0 Å². The first-order valence-corrected chi connectivity index (χ1v) is 7.12. The van der Waals surface area contributed by atoms with E-state index in [1.54, 1.807) is 11.3 Å². The van der Waals surface area contributed by atoms with Gasteiger partial charge in [0.2, 0.25) is 0 Å². The predicted octanol–water partition coefficient (Wildman–Crippen LogP) is 2.72. The van der Waals surface area contributed by atoms with Gasteiger partial charge in [0, 0.05) is 25.8 Å². The highest BCUT2D eigenvalue weighted by atomic mass is 32.1. The maximum atomic E-state index is 5.81. The molecule has 0 saturated carbocycles. The molecule has 1 atom stereocenters. The second-order valence-corrected chi connectivity index (χ2v) is 5.26. The highest BCUT2D eigenvalue weighted by molar-refractivity contribution is 7.07. The van der Waals surface area contributed by atoms with Crippen molar-refractivity contribution in [2.24, 2.45) is 0 Å². The zero-order valence-corrected chi connectivity index (χ0v) is 11.0. The average Bonchev–Trinajstić information content (AvgIpc) is 2.93. The first kappa shape index (κ1) is 11.8. The average molecular weight is 260 g/mol. The van der Waals surface area contributed by atoms with Crippen molar-refractivity contribution >= 4 is 11.3 Å². The van der Waals surface area contributed by atoms with Crippen LogP contribution in [0, 0.1) is 0 Å². The molecular formula is C14H16N2OS. The molecule has 0 radical (unpaired) electrons. The molecule has 1 saturated heterocycles.